The summed E-state index contributed by atoms with van der Waals surface area (Å²) in [6.07, 6.45) is -1.32. The summed E-state index contributed by atoms with van der Waals surface area (Å²) in [6.45, 7) is 2.05. The standard InChI is InChI=1S/C21H24F3NO3/c1-13-5-7-15(8-6-13)28-18-10-9-16-14(11-25-12-19(26)27)3-2-4-17(16)20(18)21(22,23)24/h2-4,9-10,13,15,25H,5-8,11-12H2,1H3,(H,26,27)/t13-,15+. The van der Waals surface area contributed by atoms with Crippen LogP contribution < -0.4 is 10.1 Å². The van der Waals surface area contributed by atoms with E-state index in [0.717, 1.165) is 25.7 Å². The average Bonchev–Trinajstić information content (AvgIpc) is 2.62. The van der Waals surface area contributed by atoms with Gasteiger partial charge in [0.2, 0.25) is 0 Å². The van der Waals surface area contributed by atoms with E-state index >= 15 is 0 Å². The first-order valence-electron chi connectivity index (χ1n) is 9.46. The molecule has 1 saturated carbocycles. The number of aliphatic carboxylic acids is 1. The Balaban J connectivity index is 1.95. The number of alkyl halides is 3. The third kappa shape index (κ3) is 4.76. The van der Waals surface area contributed by atoms with E-state index in [0.29, 0.717) is 16.9 Å². The molecular formula is C21H24F3NO3. The molecule has 152 valence electrons. The second-order valence-electron chi connectivity index (χ2n) is 7.45. The third-order valence-electron chi connectivity index (χ3n) is 5.25. The van der Waals surface area contributed by atoms with Gasteiger partial charge in [-0.2, -0.15) is 13.2 Å². The molecule has 2 aromatic rings. The highest BCUT2D eigenvalue weighted by atomic mass is 19.4. The maximum atomic E-state index is 13.9. The van der Waals surface area contributed by atoms with Crippen LogP contribution in [-0.2, 0) is 17.5 Å². The number of hydrogen-bond donors (Lipinski definition) is 2. The second kappa shape index (κ2) is 8.39. The van der Waals surface area contributed by atoms with Gasteiger partial charge in [0.15, 0.2) is 0 Å². The summed E-state index contributed by atoms with van der Waals surface area (Å²) < 4.78 is 47.5. The number of benzene rings is 2. The SMILES string of the molecule is C[C@H]1CC[C@@H](Oc2ccc3c(CNCC(=O)O)cccc3c2C(F)(F)F)CC1. The van der Waals surface area contributed by atoms with E-state index in [4.69, 9.17) is 9.84 Å². The van der Waals surface area contributed by atoms with Gasteiger partial charge in [-0.1, -0.05) is 31.2 Å². The highest BCUT2D eigenvalue weighted by molar-refractivity contribution is 5.91. The first kappa shape index (κ1) is 20.5. The van der Waals surface area contributed by atoms with Crippen LogP contribution in [0.5, 0.6) is 5.75 Å². The number of carboxylic acid groups (broad SMARTS) is 1. The van der Waals surface area contributed by atoms with Gasteiger partial charge in [0, 0.05) is 6.54 Å². The van der Waals surface area contributed by atoms with E-state index in [1.807, 2.05) is 0 Å². The van der Waals surface area contributed by atoms with E-state index in [1.54, 1.807) is 18.2 Å². The van der Waals surface area contributed by atoms with Gasteiger partial charge in [-0.25, -0.2) is 0 Å². The van der Waals surface area contributed by atoms with Gasteiger partial charge < -0.3 is 15.2 Å². The van der Waals surface area contributed by atoms with Crippen molar-refractivity contribution in [2.45, 2.75) is 51.4 Å². The van der Waals surface area contributed by atoms with Crippen LogP contribution in [0.3, 0.4) is 0 Å². The van der Waals surface area contributed by atoms with Crippen molar-refractivity contribution >= 4 is 16.7 Å². The van der Waals surface area contributed by atoms with Crippen molar-refractivity contribution in [3.05, 3.63) is 41.5 Å². The Bertz CT molecular complexity index is 843. The molecule has 3 rings (SSSR count). The van der Waals surface area contributed by atoms with E-state index in [-0.39, 0.29) is 30.3 Å². The Labute approximate surface area is 161 Å². The summed E-state index contributed by atoms with van der Waals surface area (Å²) in [4.78, 5) is 10.7. The number of rotatable bonds is 6. The quantitative estimate of drug-likeness (QED) is 0.724. The summed E-state index contributed by atoms with van der Waals surface area (Å²) in [5.41, 5.74) is -0.147. The summed E-state index contributed by atoms with van der Waals surface area (Å²) in [5, 5.41) is 12.0. The van der Waals surface area contributed by atoms with Gasteiger partial charge in [-0.05, 0) is 54.0 Å². The average molecular weight is 395 g/mol. The first-order valence-corrected chi connectivity index (χ1v) is 9.46. The molecule has 7 heteroatoms. The Morgan fingerprint density at radius 3 is 2.50 bits per heavy atom. The van der Waals surface area contributed by atoms with Gasteiger partial charge in [-0.3, -0.25) is 4.79 Å². The molecule has 0 saturated heterocycles. The maximum Gasteiger partial charge on any atom is 0.420 e. The highest BCUT2D eigenvalue weighted by Crippen LogP contribution is 2.43. The van der Waals surface area contributed by atoms with Crippen molar-refractivity contribution in [1.29, 1.82) is 0 Å². The molecule has 1 aliphatic carbocycles. The first-order chi connectivity index (χ1) is 13.3. The number of halogens is 3. The zero-order chi connectivity index (χ0) is 20.3. The van der Waals surface area contributed by atoms with Crippen LogP contribution >= 0.6 is 0 Å². The van der Waals surface area contributed by atoms with Crippen molar-refractivity contribution in [2.75, 3.05) is 6.54 Å². The molecule has 28 heavy (non-hydrogen) atoms. The van der Waals surface area contributed by atoms with Crippen molar-refractivity contribution in [3.8, 4) is 5.75 Å². The van der Waals surface area contributed by atoms with Gasteiger partial charge in [-0.15, -0.1) is 0 Å². The number of nitrogens with one attached hydrogen (secondary N) is 1. The molecule has 0 bridgehead atoms. The minimum Gasteiger partial charge on any atom is -0.490 e. The summed E-state index contributed by atoms with van der Waals surface area (Å²) >= 11 is 0. The van der Waals surface area contributed by atoms with Crippen molar-refractivity contribution in [3.63, 3.8) is 0 Å². The molecule has 0 radical (unpaired) electrons. The molecule has 1 aliphatic rings. The maximum absolute atomic E-state index is 13.9. The molecular weight excluding hydrogens is 371 g/mol. The van der Waals surface area contributed by atoms with Crippen LogP contribution in [0, 0.1) is 5.92 Å². The summed E-state index contributed by atoms with van der Waals surface area (Å²) in [6, 6.07) is 7.71. The predicted molar refractivity (Wildman–Crippen MR) is 100 cm³/mol. The fourth-order valence-corrected chi connectivity index (χ4v) is 3.78. The highest BCUT2D eigenvalue weighted by Gasteiger charge is 2.37. The van der Waals surface area contributed by atoms with Crippen LogP contribution in [0.1, 0.15) is 43.7 Å². The number of ether oxygens (including phenoxy) is 1. The molecule has 0 unspecified atom stereocenters. The van der Waals surface area contributed by atoms with Gasteiger partial charge >= 0.3 is 12.1 Å². The molecule has 0 atom stereocenters. The Morgan fingerprint density at radius 1 is 1.14 bits per heavy atom. The largest absolute Gasteiger partial charge is 0.490 e. The minimum atomic E-state index is -4.55. The van der Waals surface area contributed by atoms with Crippen LogP contribution in [0.4, 0.5) is 13.2 Å². The fraction of sp³-hybridized carbons (Fsp3) is 0.476. The Hall–Kier alpha value is -2.28. The molecule has 2 N–H and O–H groups in total. The van der Waals surface area contributed by atoms with Crippen LogP contribution in [-0.4, -0.2) is 23.7 Å². The lowest BCUT2D eigenvalue weighted by atomic mass is 9.89. The van der Waals surface area contributed by atoms with E-state index in [2.05, 4.69) is 12.2 Å². The molecule has 2 aromatic carbocycles. The summed E-state index contributed by atoms with van der Waals surface area (Å²) in [5.74, 6) is -0.566. The number of fused-ring (bicyclic) bond motifs is 1. The fourth-order valence-electron chi connectivity index (χ4n) is 3.78. The van der Waals surface area contributed by atoms with Gasteiger partial charge in [0.05, 0.1) is 12.6 Å². The molecule has 1 fully saturated rings. The lowest BCUT2D eigenvalue weighted by molar-refractivity contribution is -0.138. The van der Waals surface area contributed by atoms with Gasteiger partial charge in [0.25, 0.3) is 0 Å². The molecule has 0 aromatic heterocycles. The van der Waals surface area contributed by atoms with Crippen molar-refractivity contribution in [1.82, 2.24) is 5.32 Å². The molecule has 0 amide bonds. The lowest BCUT2D eigenvalue weighted by Crippen LogP contribution is -2.24. The van der Waals surface area contributed by atoms with Crippen LogP contribution in [0.2, 0.25) is 0 Å². The molecule has 0 aliphatic heterocycles. The Morgan fingerprint density at radius 2 is 1.86 bits per heavy atom. The van der Waals surface area contributed by atoms with Gasteiger partial charge in [0.1, 0.15) is 11.3 Å². The van der Waals surface area contributed by atoms with E-state index in [9.17, 15) is 18.0 Å². The second-order valence-corrected chi connectivity index (χ2v) is 7.45. The molecule has 4 nitrogen and oxygen atoms in total. The van der Waals surface area contributed by atoms with Crippen LogP contribution in [0.25, 0.3) is 10.8 Å². The lowest BCUT2D eigenvalue weighted by Gasteiger charge is -2.28. The zero-order valence-electron chi connectivity index (χ0n) is 15.7. The molecule has 0 spiro atoms. The zero-order valence-corrected chi connectivity index (χ0v) is 15.7. The van der Waals surface area contributed by atoms with Crippen LogP contribution in [0.15, 0.2) is 30.3 Å². The van der Waals surface area contributed by atoms with Crippen molar-refractivity contribution < 1.29 is 27.8 Å². The smallest absolute Gasteiger partial charge is 0.420 e. The normalized spacial score (nSPS) is 20.3. The third-order valence-corrected chi connectivity index (χ3v) is 5.25. The predicted octanol–water partition coefficient (Wildman–Crippen LogP) is 4.99. The number of hydrogen-bond acceptors (Lipinski definition) is 3. The summed E-state index contributed by atoms with van der Waals surface area (Å²) in [7, 11) is 0. The van der Waals surface area contributed by atoms with E-state index < -0.39 is 17.7 Å². The minimum absolute atomic E-state index is 0.0730. The molecule has 0 heterocycles. The number of carboxylic acids is 1. The Kier molecular flexibility index (Phi) is 6.13. The van der Waals surface area contributed by atoms with E-state index in [1.165, 1.54) is 12.1 Å². The number of carbonyl (C=O) groups is 1. The topological polar surface area (TPSA) is 58.6 Å². The monoisotopic (exact) mass is 395 g/mol. The van der Waals surface area contributed by atoms with Crippen molar-refractivity contribution in [2.24, 2.45) is 5.92 Å².